The molecule has 0 radical (unpaired) electrons. The summed E-state index contributed by atoms with van der Waals surface area (Å²) < 4.78 is 34.5. The number of carbonyl (C=O) groups is 2. The van der Waals surface area contributed by atoms with Gasteiger partial charge >= 0.3 is 0 Å². The molecule has 3 unspecified atom stereocenters. The lowest BCUT2D eigenvalue weighted by Gasteiger charge is -2.42. The standard InChI is InChI=1S/C37H41F2N7O3S/c1-36-16-29(41)28(15-31(36)37(36,38)39)32(42)35(48)45-26(17-40)18-43-33(23-8-3-2-4-9-23)25-19-46(20-25)12-5-6-13-49-27-11-7-10-24(14-27)34(47)30-21-50-22-44-30/h2-4,7-11,14,17-18,21-22,25,31,33,42H,5-6,12-13,15-16,19-20,40-41H2,1H3,(H,45,48)/b26-17+,42-32?,43-18?. The first kappa shape index (κ1) is 35.1. The average molecular weight is 702 g/mol. The van der Waals surface area contributed by atoms with Gasteiger partial charge in [-0.15, -0.1) is 11.3 Å². The highest BCUT2D eigenvalue weighted by Gasteiger charge is 2.78. The van der Waals surface area contributed by atoms with Crippen molar-refractivity contribution in [3.63, 3.8) is 0 Å². The second-order valence-electron chi connectivity index (χ2n) is 13.4. The molecule has 6 rings (SSSR count). The Kier molecular flexibility index (Phi) is 10.3. The number of benzene rings is 2. The minimum absolute atomic E-state index is 0.0475. The van der Waals surface area contributed by atoms with Crippen LogP contribution in [0.15, 0.2) is 93.6 Å². The zero-order chi connectivity index (χ0) is 35.5. The number of ether oxygens (including phenoxy) is 1. The van der Waals surface area contributed by atoms with E-state index in [2.05, 4.69) is 15.2 Å². The molecule has 1 aromatic heterocycles. The minimum atomic E-state index is -2.86. The molecule has 3 aliphatic rings. The smallest absolute Gasteiger partial charge is 0.273 e. The number of rotatable bonds is 15. The number of ketones is 1. The van der Waals surface area contributed by atoms with Crippen LogP contribution in [0.5, 0.6) is 5.75 Å². The predicted octanol–water partition coefficient (Wildman–Crippen LogP) is 5.49. The van der Waals surface area contributed by atoms with Crippen LogP contribution in [0.1, 0.15) is 60.3 Å². The van der Waals surface area contributed by atoms with Crippen molar-refractivity contribution in [1.82, 2.24) is 15.2 Å². The third-order valence-corrected chi connectivity index (χ3v) is 10.6. The van der Waals surface area contributed by atoms with Gasteiger partial charge in [-0.25, -0.2) is 13.8 Å². The van der Waals surface area contributed by atoms with Gasteiger partial charge in [0, 0.05) is 65.0 Å². The van der Waals surface area contributed by atoms with E-state index < -0.39 is 28.9 Å². The number of alkyl halides is 2. The number of carbonyl (C=O) groups excluding carboxylic acids is 2. The molecule has 2 heterocycles. The fourth-order valence-corrected chi connectivity index (χ4v) is 7.46. The Morgan fingerprint density at radius 3 is 2.70 bits per heavy atom. The molecule has 13 heteroatoms. The fourth-order valence-electron chi connectivity index (χ4n) is 6.93. The number of nitrogens with one attached hydrogen (secondary N) is 2. The van der Waals surface area contributed by atoms with Crippen molar-refractivity contribution >= 4 is 35.0 Å². The molecule has 1 saturated carbocycles. The van der Waals surface area contributed by atoms with Crippen LogP contribution >= 0.6 is 11.3 Å². The number of thiazole rings is 1. The van der Waals surface area contributed by atoms with Gasteiger partial charge < -0.3 is 26.4 Å². The van der Waals surface area contributed by atoms with E-state index in [1.54, 1.807) is 23.0 Å². The molecule has 2 aromatic carbocycles. The third-order valence-electron chi connectivity index (χ3n) is 10.1. The molecular weight excluding hydrogens is 661 g/mol. The van der Waals surface area contributed by atoms with Crippen LogP contribution in [0.2, 0.25) is 0 Å². The van der Waals surface area contributed by atoms with E-state index in [0.29, 0.717) is 23.6 Å². The number of hydrogen-bond donors (Lipinski definition) is 4. The molecule has 1 amide bonds. The number of allylic oxidation sites excluding steroid dienone is 2. The van der Waals surface area contributed by atoms with Crippen LogP contribution in [-0.2, 0) is 4.79 Å². The van der Waals surface area contributed by atoms with Crippen molar-refractivity contribution in [3.05, 3.63) is 105 Å². The Labute approximate surface area is 293 Å². The first-order valence-electron chi connectivity index (χ1n) is 16.7. The molecule has 3 aromatic rings. The lowest BCUT2D eigenvalue weighted by Crippen LogP contribution is -2.49. The number of amides is 1. The van der Waals surface area contributed by atoms with Gasteiger partial charge in [-0.05, 0) is 49.9 Å². The minimum Gasteiger partial charge on any atom is -0.494 e. The van der Waals surface area contributed by atoms with Gasteiger partial charge in [0.05, 0.1) is 23.9 Å². The molecule has 3 atom stereocenters. The third kappa shape index (κ3) is 7.24. The van der Waals surface area contributed by atoms with E-state index >= 15 is 0 Å². The number of unbranched alkanes of at least 4 members (excludes halogenated alkanes) is 1. The maximum atomic E-state index is 14.3. The zero-order valence-corrected chi connectivity index (χ0v) is 28.6. The van der Waals surface area contributed by atoms with Gasteiger partial charge in [0.25, 0.3) is 11.8 Å². The normalized spacial score (nSPS) is 22.5. The summed E-state index contributed by atoms with van der Waals surface area (Å²) >= 11 is 1.39. The fraction of sp³-hybridized carbons (Fsp3) is 0.378. The quantitative estimate of drug-likeness (QED) is 0.0926. The van der Waals surface area contributed by atoms with E-state index in [4.69, 9.17) is 26.6 Å². The maximum absolute atomic E-state index is 14.3. The van der Waals surface area contributed by atoms with Gasteiger partial charge in [-0.3, -0.25) is 20.0 Å². The highest BCUT2D eigenvalue weighted by Crippen LogP contribution is 2.72. The molecule has 2 fully saturated rings. The monoisotopic (exact) mass is 701 g/mol. The molecule has 6 N–H and O–H groups in total. The summed E-state index contributed by atoms with van der Waals surface area (Å²) in [6.45, 7) is 4.63. The van der Waals surface area contributed by atoms with Crippen LogP contribution in [0.25, 0.3) is 0 Å². The van der Waals surface area contributed by atoms with Crippen molar-refractivity contribution in [2.75, 3.05) is 26.2 Å². The van der Waals surface area contributed by atoms with Crippen molar-refractivity contribution in [3.8, 4) is 5.75 Å². The molecule has 50 heavy (non-hydrogen) atoms. The van der Waals surface area contributed by atoms with Crippen LogP contribution < -0.4 is 21.5 Å². The van der Waals surface area contributed by atoms with Gasteiger partial charge in [0.2, 0.25) is 5.78 Å². The van der Waals surface area contributed by atoms with Gasteiger partial charge in [0.1, 0.15) is 17.2 Å². The number of hydrogen-bond acceptors (Lipinski definition) is 10. The lowest BCUT2D eigenvalue weighted by molar-refractivity contribution is -0.114. The zero-order valence-electron chi connectivity index (χ0n) is 27.8. The molecule has 2 aliphatic carbocycles. The number of fused-ring (bicyclic) bond motifs is 1. The predicted molar refractivity (Wildman–Crippen MR) is 189 cm³/mol. The molecule has 0 bridgehead atoms. The topological polar surface area (TPSA) is 160 Å². The van der Waals surface area contributed by atoms with Crippen molar-refractivity contribution in [2.24, 2.45) is 33.7 Å². The Balaban J connectivity index is 0.977. The van der Waals surface area contributed by atoms with E-state index in [0.717, 1.165) is 38.0 Å². The summed E-state index contributed by atoms with van der Waals surface area (Å²) in [7, 11) is 0. The molecule has 262 valence electrons. The Morgan fingerprint density at radius 1 is 1.20 bits per heavy atom. The van der Waals surface area contributed by atoms with Crippen LogP contribution in [0.4, 0.5) is 8.78 Å². The van der Waals surface area contributed by atoms with E-state index in [9.17, 15) is 18.4 Å². The number of aromatic nitrogens is 1. The summed E-state index contributed by atoms with van der Waals surface area (Å²) in [6, 6.07) is 16.9. The largest absolute Gasteiger partial charge is 0.494 e. The first-order valence-corrected chi connectivity index (χ1v) is 17.6. The molecule has 0 spiro atoms. The summed E-state index contributed by atoms with van der Waals surface area (Å²) in [4.78, 5) is 36.9. The average Bonchev–Trinajstić information content (AvgIpc) is 3.42. The van der Waals surface area contributed by atoms with Gasteiger partial charge in [0.15, 0.2) is 0 Å². The van der Waals surface area contributed by atoms with Crippen LogP contribution in [0.3, 0.4) is 0 Å². The van der Waals surface area contributed by atoms with Crippen molar-refractivity contribution in [2.45, 2.75) is 44.6 Å². The van der Waals surface area contributed by atoms with E-state index in [-0.39, 0.29) is 47.6 Å². The summed E-state index contributed by atoms with van der Waals surface area (Å²) in [5.74, 6) is -3.79. The number of halogens is 2. The Hall–Kier alpha value is -4.75. The maximum Gasteiger partial charge on any atom is 0.273 e. The van der Waals surface area contributed by atoms with Crippen molar-refractivity contribution < 1.29 is 23.1 Å². The Bertz CT molecular complexity index is 1820. The summed E-state index contributed by atoms with van der Waals surface area (Å²) in [6.07, 6.45) is 4.34. The number of nitrogens with two attached hydrogens (primary N) is 2. The summed E-state index contributed by atoms with van der Waals surface area (Å²) in [5, 5.41) is 12.7. The first-order chi connectivity index (χ1) is 24.0. The van der Waals surface area contributed by atoms with Crippen LogP contribution in [-0.4, -0.2) is 65.7 Å². The van der Waals surface area contributed by atoms with Crippen LogP contribution in [0, 0.1) is 22.7 Å². The Morgan fingerprint density at radius 2 is 1.98 bits per heavy atom. The molecular formula is C37H41F2N7O3S. The number of nitrogens with zero attached hydrogens (tertiary/aromatic N) is 3. The van der Waals surface area contributed by atoms with Gasteiger partial charge in [-0.2, -0.15) is 0 Å². The molecule has 1 aliphatic heterocycles. The lowest BCUT2D eigenvalue weighted by atomic mass is 9.86. The highest BCUT2D eigenvalue weighted by molar-refractivity contribution is 7.07. The van der Waals surface area contributed by atoms with Crippen molar-refractivity contribution in [1.29, 1.82) is 5.41 Å². The van der Waals surface area contributed by atoms with E-state index in [1.165, 1.54) is 30.7 Å². The SMILES string of the molecule is CC12CC(N)=C(C(=N)C(=O)N/C(C=NC(c3ccccc3)C3CN(CCCCOc4cccc(C(=O)c5cscn5)c4)C3)=C/N)CC1C2(F)F. The highest BCUT2D eigenvalue weighted by atomic mass is 32.1. The van der Waals surface area contributed by atoms with Gasteiger partial charge in [-0.1, -0.05) is 49.4 Å². The second-order valence-corrected chi connectivity index (χ2v) is 14.1. The molecule has 10 nitrogen and oxygen atoms in total. The molecule has 1 saturated heterocycles. The number of likely N-dealkylation sites (tertiary alicyclic amines) is 1. The summed E-state index contributed by atoms with van der Waals surface area (Å²) in [5.41, 5.74) is 14.4. The second kappa shape index (κ2) is 14.6. The number of aliphatic imine (C=N–C) groups is 1. The van der Waals surface area contributed by atoms with E-state index in [1.807, 2.05) is 42.5 Å².